The zero-order valence-electron chi connectivity index (χ0n) is 17.6. The normalized spacial score (nSPS) is 15.2. The molecule has 0 unspecified atom stereocenters. The van der Waals surface area contributed by atoms with Gasteiger partial charge in [-0.05, 0) is 30.3 Å². The number of carbonyl (C=O) groups excluding carboxylic acids is 2. The van der Waals surface area contributed by atoms with Crippen molar-refractivity contribution >= 4 is 43.2 Å². The molecule has 1 fully saturated rings. The number of piperazine rings is 1. The zero-order valence-corrected chi connectivity index (χ0v) is 19.2. The van der Waals surface area contributed by atoms with E-state index in [0.29, 0.717) is 5.69 Å². The minimum Gasteiger partial charge on any atom is -0.336 e. The third-order valence-corrected chi connectivity index (χ3v) is 7.28. The van der Waals surface area contributed by atoms with Crippen LogP contribution < -0.4 is 10.0 Å². The summed E-state index contributed by atoms with van der Waals surface area (Å²) in [6.07, 6.45) is 0.968. The van der Waals surface area contributed by atoms with Crippen molar-refractivity contribution in [2.24, 2.45) is 0 Å². The molecule has 1 saturated heterocycles. The first-order valence-corrected chi connectivity index (χ1v) is 13.0. The number of sulfonamides is 2. The first kappa shape index (κ1) is 23.7. The van der Waals surface area contributed by atoms with Gasteiger partial charge in [-0.15, -0.1) is 0 Å². The largest absolute Gasteiger partial charge is 0.336 e. The molecule has 2 aromatic rings. The van der Waals surface area contributed by atoms with E-state index in [0.717, 1.165) is 6.26 Å². The van der Waals surface area contributed by atoms with Gasteiger partial charge in [-0.1, -0.05) is 18.2 Å². The molecule has 1 aliphatic heterocycles. The molecule has 2 amide bonds. The van der Waals surface area contributed by atoms with E-state index in [4.69, 9.17) is 0 Å². The van der Waals surface area contributed by atoms with Gasteiger partial charge in [-0.3, -0.25) is 14.3 Å². The molecule has 32 heavy (non-hydrogen) atoms. The summed E-state index contributed by atoms with van der Waals surface area (Å²) in [7, 11) is -7.33. The predicted octanol–water partition coefficient (Wildman–Crippen LogP) is 1.16. The van der Waals surface area contributed by atoms with Gasteiger partial charge < -0.3 is 10.2 Å². The fourth-order valence-electron chi connectivity index (χ4n) is 3.33. The van der Waals surface area contributed by atoms with Gasteiger partial charge >= 0.3 is 0 Å². The quantitative estimate of drug-likeness (QED) is 0.638. The Morgan fingerprint density at radius 1 is 0.906 bits per heavy atom. The summed E-state index contributed by atoms with van der Waals surface area (Å²) in [5, 5.41) is 2.56. The molecule has 0 atom stereocenters. The van der Waals surface area contributed by atoms with Gasteiger partial charge in [0.2, 0.25) is 26.0 Å². The minimum atomic E-state index is -3.67. The van der Waals surface area contributed by atoms with E-state index in [1.807, 2.05) is 0 Å². The SMILES string of the molecule is CC(=O)Nc1ccc(NS(C)(=O)=O)c(C(=O)N2CCN(S(=O)(=O)c3ccccc3)CC2)c1. The Kier molecular flexibility index (Phi) is 6.86. The highest BCUT2D eigenvalue weighted by atomic mass is 32.2. The molecule has 3 rings (SSSR count). The van der Waals surface area contributed by atoms with Gasteiger partial charge in [0.25, 0.3) is 5.91 Å². The lowest BCUT2D eigenvalue weighted by Crippen LogP contribution is -2.50. The van der Waals surface area contributed by atoms with Crippen LogP contribution in [0.25, 0.3) is 0 Å². The first-order valence-electron chi connectivity index (χ1n) is 9.71. The van der Waals surface area contributed by atoms with Crippen molar-refractivity contribution in [3.8, 4) is 0 Å². The maximum atomic E-state index is 13.2. The Hall–Kier alpha value is -2.96. The van der Waals surface area contributed by atoms with Gasteiger partial charge in [0.1, 0.15) is 0 Å². The number of benzene rings is 2. The van der Waals surface area contributed by atoms with E-state index in [1.165, 1.54) is 46.5 Å². The second-order valence-electron chi connectivity index (χ2n) is 7.33. The van der Waals surface area contributed by atoms with Crippen LogP contribution in [0.5, 0.6) is 0 Å². The van der Waals surface area contributed by atoms with E-state index in [-0.39, 0.29) is 48.2 Å². The molecule has 10 nitrogen and oxygen atoms in total. The van der Waals surface area contributed by atoms with Gasteiger partial charge in [0, 0.05) is 38.8 Å². The average Bonchev–Trinajstić information content (AvgIpc) is 2.73. The molecule has 172 valence electrons. The summed E-state index contributed by atoms with van der Waals surface area (Å²) in [6, 6.07) is 12.3. The predicted molar refractivity (Wildman–Crippen MR) is 120 cm³/mol. The number of nitrogens with zero attached hydrogens (tertiary/aromatic N) is 2. The monoisotopic (exact) mass is 480 g/mol. The van der Waals surface area contributed by atoms with Crippen LogP contribution in [-0.2, 0) is 24.8 Å². The Balaban J connectivity index is 1.81. The third-order valence-electron chi connectivity index (χ3n) is 4.77. The average molecular weight is 481 g/mol. The molecule has 2 N–H and O–H groups in total. The maximum absolute atomic E-state index is 13.2. The Morgan fingerprint density at radius 2 is 1.53 bits per heavy atom. The van der Waals surface area contributed by atoms with Crippen molar-refractivity contribution in [3.63, 3.8) is 0 Å². The van der Waals surface area contributed by atoms with Crippen molar-refractivity contribution in [3.05, 3.63) is 54.1 Å². The van der Waals surface area contributed by atoms with Crippen molar-refractivity contribution < 1.29 is 26.4 Å². The molecule has 1 aliphatic rings. The highest BCUT2D eigenvalue weighted by Crippen LogP contribution is 2.25. The van der Waals surface area contributed by atoms with Crippen LogP contribution in [0.4, 0.5) is 11.4 Å². The number of carbonyl (C=O) groups is 2. The zero-order chi connectivity index (χ0) is 23.5. The summed E-state index contributed by atoms with van der Waals surface area (Å²) in [5.41, 5.74) is 0.470. The summed E-state index contributed by atoms with van der Waals surface area (Å²) in [4.78, 5) is 26.2. The maximum Gasteiger partial charge on any atom is 0.256 e. The van der Waals surface area contributed by atoms with Crippen LogP contribution in [0, 0.1) is 0 Å². The first-order chi connectivity index (χ1) is 15.0. The lowest BCUT2D eigenvalue weighted by atomic mass is 10.1. The molecular weight excluding hydrogens is 456 g/mol. The smallest absolute Gasteiger partial charge is 0.256 e. The fourth-order valence-corrected chi connectivity index (χ4v) is 5.36. The highest BCUT2D eigenvalue weighted by molar-refractivity contribution is 7.92. The summed E-state index contributed by atoms with van der Waals surface area (Å²) in [6.45, 7) is 1.78. The van der Waals surface area contributed by atoms with Crippen molar-refractivity contribution in [1.29, 1.82) is 0 Å². The Morgan fingerprint density at radius 3 is 2.09 bits per heavy atom. The van der Waals surface area contributed by atoms with E-state index in [9.17, 15) is 26.4 Å². The van der Waals surface area contributed by atoms with Crippen LogP contribution >= 0.6 is 0 Å². The number of hydrogen-bond acceptors (Lipinski definition) is 6. The Labute approximate surface area is 187 Å². The minimum absolute atomic E-state index is 0.0565. The van der Waals surface area contributed by atoms with Gasteiger partial charge in [0.05, 0.1) is 22.4 Å². The summed E-state index contributed by atoms with van der Waals surface area (Å²) >= 11 is 0. The van der Waals surface area contributed by atoms with Crippen molar-refractivity contribution in [2.45, 2.75) is 11.8 Å². The lowest BCUT2D eigenvalue weighted by molar-refractivity contribution is -0.114. The number of nitrogens with one attached hydrogen (secondary N) is 2. The number of amides is 2. The number of hydrogen-bond donors (Lipinski definition) is 2. The standard InChI is InChI=1S/C20H24N4O6S2/c1-15(25)21-16-8-9-19(22-31(2,27)28)18(14-16)20(26)23-10-12-24(13-11-23)32(29,30)17-6-4-3-5-7-17/h3-9,14,22H,10-13H2,1-2H3,(H,21,25). The van der Waals surface area contributed by atoms with Crippen LogP contribution in [-0.4, -0.2) is 70.3 Å². The van der Waals surface area contributed by atoms with Crippen LogP contribution in [0.2, 0.25) is 0 Å². The van der Waals surface area contributed by atoms with Crippen LogP contribution in [0.3, 0.4) is 0 Å². The molecular formula is C20H24N4O6S2. The van der Waals surface area contributed by atoms with Gasteiger partial charge in [0.15, 0.2) is 0 Å². The van der Waals surface area contributed by atoms with E-state index >= 15 is 0 Å². The topological polar surface area (TPSA) is 133 Å². The molecule has 1 heterocycles. The molecule has 0 spiro atoms. The van der Waals surface area contributed by atoms with Crippen LogP contribution in [0.15, 0.2) is 53.4 Å². The number of anilines is 2. The molecule has 12 heteroatoms. The van der Waals surface area contributed by atoms with Crippen molar-refractivity contribution in [1.82, 2.24) is 9.21 Å². The molecule has 2 aromatic carbocycles. The molecule has 0 bridgehead atoms. The number of rotatable bonds is 6. The second kappa shape index (κ2) is 9.27. The molecule has 0 aliphatic carbocycles. The Bertz CT molecular complexity index is 1220. The molecule has 0 radical (unpaired) electrons. The van der Waals surface area contributed by atoms with Crippen LogP contribution in [0.1, 0.15) is 17.3 Å². The van der Waals surface area contributed by atoms with Crippen molar-refractivity contribution in [2.75, 3.05) is 42.5 Å². The van der Waals surface area contributed by atoms with E-state index < -0.39 is 26.0 Å². The second-order valence-corrected chi connectivity index (χ2v) is 11.0. The fraction of sp³-hybridized carbons (Fsp3) is 0.300. The lowest BCUT2D eigenvalue weighted by Gasteiger charge is -2.34. The van der Waals surface area contributed by atoms with E-state index in [2.05, 4.69) is 10.0 Å². The van der Waals surface area contributed by atoms with Gasteiger partial charge in [-0.2, -0.15) is 4.31 Å². The summed E-state index contributed by atoms with van der Waals surface area (Å²) in [5.74, 6) is -0.813. The summed E-state index contributed by atoms with van der Waals surface area (Å²) < 4.78 is 52.7. The highest BCUT2D eigenvalue weighted by Gasteiger charge is 2.31. The molecule has 0 saturated carbocycles. The van der Waals surface area contributed by atoms with Gasteiger partial charge in [-0.25, -0.2) is 16.8 Å². The van der Waals surface area contributed by atoms with E-state index in [1.54, 1.807) is 18.2 Å². The third kappa shape index (κ3) is 5.64. The molecule has 0 aromatic heterocycles.